The molecule has 6 heteroatoms. The molecule has 1 aromatic carbocycles. The van der Waals surface area contributed by atoms with Gasteiger partial charge in [-0.05, 0) is 68.8 Å². The molecule has 2 N–H and O–H groups in total. The quantitative estimate of drug-likeness (QED) is 0.457. The second kappa shape index (κ2) is 9.73. The monoisotopic (exact) mass is 385 g/mol. The summed E-state index contributed by atoms with van der Waals surface area (Å²) in [5, 5.41) is 3.92. The van der Waals surface area contributed by atoms with Crippen LogP contribution in [0.15, 0.2) is 24.4 Å². The van der Waals surface area contributed by atoms with E-state index in [2.05, 4.69) is 28.3 Å². The minimum absolute atomic E-state index is 0.265. The lowest BCUT2D eigenvalue weighted by Gasteiger charge is -2.21. The molecule has 1 aromatic heterocycles. The highest BCUT2D eigenvalue weighted by molar-refractivity contribution is 6.02. The number of aromatic nitrogens is 1. The van der Waals surface area contributed by atoms with Crippen LogP contribution in [0.25, 0.3) is 10.9 Å². The Balaban J connectivity index is 1.62. The average Bonchev–Trinajstić information content (AvgIpc) is 3.38. The van der Waals surface area contributed by atoms with Crippen molar-refractivity contribution in [1.82, 2.24) is 9.88 Å². The summed E-state index contributed by atoms with van der Waals surface area (Å²) in [5.41, 5.74) is 3.02. The molecule has 1 saturated carbocycles. The Labute approximate surface area is 166 Å². The van der Waals surface area contributed by atoms with E-state index in [1.165, 1.54) is 31.4 Å². The van der Waals surface area contributed by atoms with Crippen LogP contribution in [0.2, 0.25) is 0 Å². The van der Waals surface area contributed by atoms with E-state index in [-0.39, 0.29) is 18.9 Å². The Hall–Kier alpha value is -2.34. The number of H-pyrrole nitrogens is 1. The van der Waals surface area contributed by atoms with Gasteiger partial charge in [0.2, 0.25) is 5.91 Å². The van der Waals surface area contributed by atoms with Crippen molar-refractivity contribution in [3.63, 3.8) is 0 Å². The number of hydrogen-bond acceptors (Lipinski definition) is 4. The first-order chi connectivity index (χ1) is 13.6. The SMILES string of the molecule is CCCN(CCc1c[nH]c2ccc(NC(=O)CC(=O)OCC)cc12)CC1CC1. The van der Waals surface area contributed by atoms with Crippen molar-refractivity contribution < 1.29 is 14.3 Å². The highest BCUT2D eigenvalue weighted by Gasteiger charge is 2.23. The Kier molecular flexibility index (Phi) is 7.09. The summed E-state index contributed by atoms with van der Waals surface area (Å²) < 4.78 is 4.82. The predicted octanol–water partition coefficient (Wildman–Crippen LogP) is 3.72. The third kappa shape index (κ3) is 5.83. The molecule has 3 rings (SSSR count). The number of esters is 1. The number of carbonyl (C=O) groups excluding carboxylic acids is 2. The van der Waals surface area contributed by atoms with E-state index < -0.39 is 5.97 Å². The van der Waals surface area contributed by atoms with Crippen molar-refractivity contribution in [1.29, 1.82) is 0 Å². The molecule has 0 aliphatic heterocycles. The maximum absolute atomic E-state index is 12.0. The number of ether oxygens (including phenoxy) is 1. The van der Waals surface area contributed by atoms with Crippen LogP contribution in [0.3, 0.4) is 0 Å². The van der Waals surface area contributed by atoms with Crippen LogP contribution < -0.4 is 5.32 Å². The number of benzene rings is 1. The maximum atomic E-state index is 12.0. The summed E-state index contributed by atoms with van der Waals surface area (Å²) in [5.74, 6) is 0.0410. The van der Waals surface area contributed by atoms with Gasteiger partial charge in [0, 0.05) is 35.9 Å². The first kappa shape index (κ1) is 20.4. The van der Waals surface area contributed by atoms with E-state index in [1.807, 2.05) is 18.2 Å². The molecule has 0 bridgehead atoms. The smallest absolute Gasteiger partial charge is 0.315 e. The van der Waals surface area contributed by atoms with Gasteiger partial charge in [-0.2, -0.15) is 0 Å². The lowest BCUT2D eigenvalue weighted by Crippen LogP contribution is -2.29. The van der Waals surface area contributed by atoms with Crippen LogP contribution in [0.1, 0.15) is 45.1 Å². The number of hydrogen-bond donors (Lipinski definition) is 2. The number of aromatic amines is 1. The zero-order valence-electron chi connectivity index (χ0n) is 16.9. The zero-order chi connectivity index (χ0) is 19.9. The van der Waals surface area contributed by atoms with Crippen LogP contribution in [0.4, 0.5) is 5.69 Å². The van der Waals surface area contributed by atoms with E-state index in [4.69, 9.17) is 4.74 Å². The first-order valence-corrected chi connectivity index (χ1v) is 10.4. The highest BCUT2D eigenvalue weighted by atomic mass is 16.5. The van der Waals surface area contributed by atoms with Crippen LogP contribution in [0, 0.1) is 5.92 Å². The van der Waals surface area contributed by atoms with Gasteiger partial charge in [0.05, 0.1) is 6.61 Å². The van der Waals surface area contributed by atoms with E-state index in [9.17, 15) is 9.59 Å². The number of nitrogens with one attached hydrogen (secondary N) is 2. The standard InChI is InChI=1S/C22H31N3O3/c1-3-10-25(15-16-5-6-16)11-9-17-14-23-20-8-7-18(12-19(17)20)24-21(26)13-22(27)28-4-2/h7-8,12,14,16,23H,3-6,9-11,13,15H2,1-2H3,(H,24,26). The highest BCUT2D eigenvalue weighted by Crippen LogP contribution is 2.30. The number of carbonyl (C=O) groups is 2. The van der Waals surface area contributed by atoms with E-state index in [0.717, 1.165) is 36.3 Å². The largest absolute Gasteiger partial charge is 0.466 e. The Morgan fingerprint density at radius 2 is 2.07 bits per heavy atom. The van der Waals surface area contributed by atoms with Crippen LogP contribution >= 0.6 is 0 Å². The lowest BCUT2D eigenvalue weighted by atomic mass is 10.1. The molecular formula is C22H31N3O3. The molecule has 0 saturated heterocycles. The Bertz CT molecular complexity index is 810. The Morgan fingerprint density at radius 3 is 2.79 bits per heavy atom. The van der Waals surface area contributed by atoms with Crippen LogP contribution in [-0.4, -0.2) is 48.0 Å². The third-order valence-electron chi connectivity index (χ3n) is 5.11. The summed E-state index contributed by atoms with van der Waals surface area (Å²) in [6.45, 7) is 7.65. The molecule has 1 amide bonds. The molecule has 0 atom stereocenters. The van der Waals surface area contributed by atoms with Crippen molar-refractivity contribution in [3.05, 3.63) is 30.0 Å². The van der Waals surface area contributed by atoms with Gasteiger partial charge in [-0.15, -0.1) is 0 Å². The summed E-state index contributed by atoms with van der Waals surface area (Å²) in [6.07, 6.45) is 6.71. The van der Waals surface area contributed by atoms with Gasteiger partial charge in [-0.25, -0.2) is 0 Å². The molecule has 152 valence electrons. The molecular weight excluding hydrogens is 354 g/mol. The molecule has 1 heterocycles. The third-order valence-corrected chi connectivity index (χ3v) is 5.11. The molecule has 1 fully saturated rings. The Morgan fingerprint density at radius 1 is 1.25 bits per heavy atom. The molecule has 0 unspecified atom stereocenters. The number of fused-ring (bicyclic) bond motifs is 1. The number of nitrogens with zero attached hydrogens (tertiary/aromatic N) is 1. The molecule has 2 aromatic rings. The van der Waals surface area contributed by atoms with Gasteiger partial charge in [-0.1, -0.05) is 6.92 Å². The van der Waals surface area contributed by atoms with E-state index in [0.29, 0.717) is 5.69 Å². The van der Waals surface area contributed by atoms with Crippen molar-refractivity contribution >= 4 is 28.5 Å². The van der Waals surface area contributed by atoms with Crippen molar-refractivity contribution in [2.75, 3.05) is 31.6 Å². The van der Waals surface area contributed by atoms with E-state index >= 15 is 0 Å². The van der Waals surface area contributed by atoms with Gasteiger partial charge >= 0.3 is 5.97 Å². The maximum Gasteiger partial charge on any atom is 0.315 e. The average molecular weight is 386 g/mol. The summed E-state index contributed by atoms with van der Waals surface area (Å²) in [7, 11) is 0. The topological polar surface area (TPSA) is 74.4 Å². The molecule has 0 spiro atoms. The van der Waals surface area contributed by atoms with Crippen molar-refractivity contribution in [2.24, 2.45) is 5.92 Å². The van der Waals surface area contributed by atoms with Crippen LogP contribution in [0.5, 0.6) is 0 Å². The zero-order valence-corrected chi connectivity index (χ0v) is 16.9. The lowest BCUT2D eigenvalue weighted by molar-refractivity contribution is -0.145. The normalized spacial score (nSPS) is 13.8. The molecule has 1 aliphatic carbocycles. The van der Waals surface area contributed by atoms with Gasteiger partial charge in [0.15, 0.2) is 0 Å². The minimum Gasteiger partial charge on any atom is -0.466 e. The number of rotatable bonds is 11. The second-order valence-electron chi connectivity index (χ2n) is 7.60. The van der Waals surface area contributed by atoms with E-state index in [1.54, 1.807) is 6.92 Å². The number of amides is 1. The van der Waals surface area contributed by atoms with Gasteiger partial charge in [0.25, 0.3) is 0 Å². The fourth-order valence-electron chi connectivity index (χ4n) is 3.57. The first-order valence-electron chi connectivity index (χ1n) is 10.4. The molecule has 28 heavy (non-hydrogen) atoms. The predicted molar refractivity (Wildman–Crippen MR) is 111 cm³/mol. The van der Waals surface area contributed by atoms with Crippen molar-refractivity contribution in [2.45, 2.75) is 46.0 Å². The molecule has 0 radical (unpaired) electrons. The fraction of sp³-hybridized carbons (Fsp3) is 0.545. The summed E-state index contributed by atoms with van der Waals surface area (Å²) in [4.78, 5) is 29.4. The van der Waals surface area contributed by atoms with Gasteiger partial charge < -0.3 is 19.9 Å². The van der Waals surface area contributed by atoms with Crippen molar-refractivity contribution in [3.8, 4) is 0 Å². The number of anilines is 1. The minimum atomic E-state index is -0.505. The summed E-state index contributed by atoms with van der Waals surface area (Å²) in [6, 6.07) is 5.80. The fourth-order valence-corrected chi connectivity index (χ4v) is 3.57. The van der Waals surface area contributed by atoms with Gasteiger partial charge in [-0.3, -0.25) is 9.59 Å². The van der Waals surface area contributed by atoms with Gasteiger partial charge in [0.1, 0.15) is 6.42 Å². The summed E-state index contributed by atoms with van der Waals surface area (Å²) >= 11 is 0. The van der Waals surface area contributed by atoms with Crippen LogP contribution in [-0.2, 0) is 20.7 Å². The second-order valence-corrected chi connectivity index (χ2v) is 7.60. The molecule has 6 nitrogen and oxygen atoms in total. The molecule has 1 aliphatic rings.